The average molecular weight is 626 g/mol. The molecular formula is C39H63NO5. The molecule has 6 nitrogen and oxygen atoms in total. The van der Waals surface area contributed by atoms with E-state index in [-0.39, 0.29) is 56.4 Å². The summed E-state index contributed by atoms with van der Waals surface area (Å²) in [4.78, 5) is 37.7. The van der Waals surface area contributed by atoms with Crippen molar-refractivity contribution in [3.8, 4) is 0 Å². The molecule has 1 N–H and O–H groups in total. The summed E-state index contributed by atoms with van der Waals surface area (Å²) < 4.78 is 10.7. The Balaban J connectivity index is 1.40. The van der Waals surface area contributed by atoms with Gasteiger partial charge in [0.2, 0.25) is 5.91 Å². The highest BCUT2D eigenvalue weighted by Gasteiger charge is 2.69. The Morgan fingerprint density at radius 2 is 1.58 bits per heavy atom. The molecule has 45 heavy (non-hydrogen) atoms. The second-order valence-electron chi connectivity index (χ2n) is 18.0. The molecule has 0 aromatic rings. The molecule has 0 aromatic heterocycles. The molecular weight excluding hydrogens is 562 g/mol. The number of esters is 2. The van der Waals surface area contributed by atoms with Crippen molar-refractivity contribution in [2.24, 2.45) is 50.2 Å². The first-order valence-electron chi connectivity index (χ1n) is 18.2. The molecule has 254 valence electrons. The number of unbranched alkanes of at least 4 members (excludes halogenated alkanes) is 2. The van der Waals surface area contributed by atoms with Gasteiger partial charge >= 0.3 is 11.9 Å². The van der Waals surface area contributed by atoms with Gasteiger partial charge in [0.05, 0.1) is 12.5 Å². The minimum atomic E-state index is -0.318. The molecule has 0 saturated heterocycles. The van der Waals surface area contributed by atoms with Gasteiger partial charge in [0.15, 0.2) is 0 Å². The zero-order valence-electron chi connectivity index (χ0n) is 30.0. The van der Waals surface area contributed by atoms with Crippen molar-refractivity contribution in [3.05, 3.63) is 11.6 Å². The van der Waals surface area contributed by atoms with Crippen molar-refractivity contribution in [2.75, 3.05) is 13.7 Å². The Labute approximate surface area is 273 Å². The lowest BCUT2D eigenvalue weighted by Gasteiger charge is -2.71. The number of hydrogen-bond acceptors (Lipinski definition) is 5. The van der Waals surface area contributed by atoms with E-state index in [1.807, 2.05) is 0 Å². The number of carbonyl (C=O) groups is 3. The van der Waals surface area contributed by atoms with E-state index in [9.17, 15) is 14.4 Å². The van der Waals surface area contributed by atoms with Crippen molar-refractivity contribution in [3.63, 3.8) is 0 Å². The van der Waals surface area contributed by atoms with Crippen LogP contribution in [0.15, 0.2) is 11.6 Å². The van der Waals surface area contributed by atoms with E-state index in [4.69, 9.17) is 9.47 Å². The zero-order valence-corrected chi connectivity index (χ0v) is 30.0. The summed E-state index contributed by atoms with van der Waals surface area (Å²) in [5.41, 5.74) is 1.92. The van der Waals surface area contributed by atoms with Crippen molar-refractivity contribution < 1.29 is 23.9 Å². The molecule has 0 aromatic carbocycles. The summed E-state index contributed by atoms with van der Waals surface area (Å²) in [6, 6.07) is 0. The molecule has 8 atom stereocenters. The van der Waals surface area contributed by atoms with Crippen LogP contribution in [-0.4, -0.2) is 37.6 Å². The Morgan fingerprint density at radius 3 is 2.27 bits per heavy atom. The molecule has 1 amide bonds. The van der Waals surface area contributed by atoms with E-state index in [0.717, 1.165) is 70.6 Å². The van der Waals surface area contributed by atoms with Gasteiger partial charge in [-0.2, -0.15) is 0 Å². The van der Waals surface area contributed by atoms with Gasteiger partial charge in [-0.25, -0.2) is 0 Å². The van der Waals surface area contributed by atoms with Crippen LogP contribution < -0.4 is 5.32 Å². The molecule has 0 radical (unpaired) electrons. The first-order valence-corrected chi connectivity index (χ1v) is 18.2. The van der Waals surface area contributed by atoms with Crippen molar-refractivity contribution in [1.82, 2.24) is 5.32 Å². The number of carbonyl (C=O) groups excluding carboxylic acids is 3. The van der Waals surface area contributed by atoms with Crippen LogP contribution in [0, 0.1) is 50.2 Å². The average Bonchev–Trinajstić information content (AvgIpc) is 2.96. The SMILES string of the molecule is COC(=O)CCCCCNC(=O)[C@]12CCC(C)(C)C[C@H]1C1=CC[C@@H]3[C@@]4(C)CC[C@H](OC(C)=O)C(C)(C)[C@@H]4CC[C@@]3(C)[C@]1(C)CC2. The van der Waals surface area contributed by atoms with Crippen molar-refractivity contribution >= 4 is 17.8 Å². The molecule has 0 heterocycles. The van der Waals surface area contributed by atoms with E-state index in [0.29, 0.717) is 30.7 Å². The highest BCUT2D eigenvalue weighted by molar-refractivity contribution is 5.84. The van der Waals surface area contributed by atoms with Gasteiger partial charge in [-0.15, -0.1) is 0 Å². The molecule has 4 fully saturated rings. The van der Waals surface area contributed by atoms with Crippen molar-refractivity contribution in [1.29, 1.82) is 0 Å². The van der Waals surface area contributed by atoms with E-state index in [1.54, 1.807) is 12.5 Å². The van der Waals surface area contributed by atoms with Crippen LogP contribution in [0.4, 0.5) is 0 Å². The fourth-order valence-electron chi connectivity index (χ4n) is 12.1. The van der Waals surface area contributed by atoms with Gasteiger partial charge in [-0.3, -0.25) is 14.4 Å². The van der Waals surface area contributed by atoms with Gasteiger partial charge < -0.3 is 14.8 Å². The van der Waals surface area contributed by atoms with Gasteiger partial charge in [-0.1, -0.05) is 66.5 Å². The second kappa shape index (κ2) is 12.0. The third kappa shape index (κ3) is 5.60. The first-order chi connectivity index (χ1) is 21.0. The maximum atomic E-state index is 14.3. The van der Waals surface area contributed by atoms with E-state index in [1.165, 1.54) is 20.0 Å². The lowest BCUT2D eigenvalue weighted by Crippen LogP contribution is -2.65. The predicted octanol–water partition coefficient (Wildman–Crippen LogP) is 8.57. The molecule has 5 aliphatic carbocycles. The topological polar surface area (TPSA) is 81.7 Å². The van der Waals surface area contributed by atoms with Crippen LogP contribution in [0.5, 0.6) is 0 Å². The summed E-state index contributed by atoms with van der Waals surface area (Å²) >= 11 is 0. The Morgan fingerprint density at radius 1 is 0.867 bits per heavy atom. The van der Waals surface area contributed by atoms with Gasteiger partial charge in [0, 0.05) is 25.3 Å². The van der Waals surface area contributed by atoms with E-state index >= 15 is 0 Å². The van der Waals surface area contributed by atoms with Crippen molar-refractivity contribution in [2.45, 2.75) is 151 Å². The maximum Gasteiger partial charge on any atom is 0.305 e. The fraction of sp³-hybridized carbons (Fsp3) is 0.872. The lowest BCUT2D eigenvalue weighted by atomic mass is 9.33. The van der Waals surface area contributed by atoms with Gasteiger partial charge in [-0.05, 0) is 116 Å². The maximum absolute atomic E-state index is 14.3. The van der Waals surface area contributed by atoms with Gasteiger partial charge in [0.1, 0.15) is 6.10 Å². The van der Waals surface area contributed by atoms with Crippen LogP contribution in [0.2, 0.25) is 0 Å². The number of nitrogens with one attached hydrogen (secondary N) is 1. The molecule has 4 saturated carbocycles. The smallest absolute Gasteiger partial charge is 0.305 e. The molecule has 0 unspecified atom stereocenters. The molecule has 5 aliphatic rings. The summed E-state index contributed by atoms with van der Waals surface area (Å²) in [6.45, 7) is 19.5. The first kappa shape index (κ1) is 34.5. The van der Waals surface area contributed by atoms with Crippen LogP contribution in [0.25, 0.3) is 0 Å². The highest BCUT2D eigenvalue weighted by Crippen LogP contribution is 2.75. The Kier molecular flexibility index (Phi) is 9.19. The largest absolute Gasteiger partial charge is 0.469 e. The van der Waals surface area contributed by atoms with Gasteiger partial charge in [0.25, 0.3) is 0 Å². The predicted molar refractivity (Wildman–Crippen MR) is 178 cm³/mol. The van der Waals surface area contributed by atoms with Crippen LogP contribution in [0.3, 0.4) is 0 Å². The number of hydrogen-bond donors (Lipinski definition) is 1. The number of rotatable bonds is 8. The number of fused-ring (bicyclic) bond motifs is 7. The van der Waals surface area contributed by atoms with E-state index in [2.05, 4.69) is 59.9 Å². The summed E-state index contributed by atoms with van der Waals surface area (Å²) in [6.07, 6.45) is 16.4. The molecule has 5 rings (SSSR count). The number of ether oxygens (including phenoxy) is 2. The number of methoxy groups -OCH3 is 1. The summed E-state index contributed by atoms with van der Waals surface area (Å²) in [5.74, 6) is 1.35. The third-order valence-electron chi connectivity index (χ3n) is 14.9. The summed E-state index contributed by atoms with van der Waals surface area (Å²) in [5, 5.41) is 3.40. The molecule has 6 heteroatoms. The fourth-order valence-corrected chi connectivity index (χ4v) is 12.1. The number of allylic oxidation sites excluding steroid dienone is 2. The Hall–Kier alpha value is -1.85. The minimum absolute atomic E-state index is 0.00570. The molecule has 0 bridgehead atoms. The quantitative estimate of drug-likeness (QED) is 0.166. The second-order valence-corrected chi connectivity index (χ2v) is 18.0. The normalized spacial score (nSPS) is 41.2. The number of amides is 1. The molecule has 0 aliphatic heterocycles. The van der Waals surface area contributed by atoms with Crippen LogP contribution in [-0.2, 0) is 23.9 Å². The van der Waals surface area contributed by atoms with Crippen LogP contribution in [0.1, 0.15) is 145 Å². The van der Waals surface area contributed by atoms with E-state index < -0.39 is 0 Å². The Bertz CT molecular complexity index is 1200. The standard InChI is InChI=1S/C39H63NO5/c1-26(41)45-31-17-18-36(6)29(35(31,4)5)16-19-38(8)30(36)15-14-27-28-25-34(2,3)20-22-39(28,23-21-37(27,38)7)33(43)40-24-12-10-11-13-32(42)44-9/h14,28-31H,10-13,15-25H2,1-9H3,(H,40,43)/t28-,29-,30+,31-,36-,37+,38+,39-/m0/s1. The third-order valence-corrected chi connectivity index (χ3v) is 14.9. The monoisotopic (exact) mass is 625 g/mol. The zero-order chi connectivity index (χ0) is 33.1. The lowest BCUT2D eigenvalue weighted by molar-refractivity contribution is -0.212. The van der Waals surface area contributed by atoms with Crippen LogP contribution >= 0.6 is 0 Å². The highest BCUT2D eigenvalue weighted by atomic mass is 16.5. The molecule has 0 spiro atoms. The summed E-state index contributed by atoms with van der Waals surface area (Å²) in [7, 11) is 1.44. The minimum Gasteiger partial charge on any atom is -0.469 e.